The van der Waals surface area contributed by atoms with Crippen LogP contribution in [0.15, 0.2) is 52.5 Å². The molecule has 3 aromatic rings. The molecule has 0 radical (unpaired) electrons. The lowest BCUT2D eigenvalue weighted by Gasteiger charge is -2.12. The molecule has 30 heavy (non-hydrogen) atoms. The van der Waals surface area contributed by atoms with Crippen LogP contribution in [-0.2, 0) is 17.8 Å². The minimum Gasteiger partial charge on any atom is -0.487 e. The molecule has 0 saturated carbocycles. The molecule has 0 saturated heterocycles. The number of carboxylic acids is 1. The van der Waals surface area contributed by atoms with Crippen molar-refractivity contribution in [2.45, 2.75) is 31.5 Å². The number of hydrogen-bond donors (Lipinski definition) is 2. The van der Waals surface area contributed by atoms with Crippen LogP contribution in [0.1, 0.15) is 30.3 Å². The van der Waals surface area contributed by atoms with Crippen molar-refractivity contribution in [3.05, 3.63) is 71.5 Å². The van der Waals surface area contributed by atoms with E-state index >= 15 is 0 Å². The van der Waals surface area contributed by atoms with Gasteiger partial charge >= 0.3 is 5.97 Å². The van der Waals surface area contributed by atoms with Crippen LogP contribution in [0.2, 0.25) is 0 Å². The van der Waals surface area contributed by atoms with Crippen LogP contribution in [0.5, 0.6) is 5.75 Å². The zero-order chi connectivity index (χ0) is 21.5. The lowest BCUT2D eigenvalue weighted by molar-refractivity contribution is -0.131. The second-order valence-corrected chi connectivity index (χ2v) is 9.65. The molecule has 0 aliphatic heterocycles. The number of thioether (sulfide) groups is 1. The summed E-state index contributed by atoms with van der Waals surface area (Å²) in [4.78, 5) is 16.2. The van der Waals surface area contributed by atoms with Crippen LogP contribution in [0, 0.1) is 7.14 Å². The Bertz CT molecular complexity index is 1030. The number of halogens is 2. The smallest absolute Gasteiger partial charge is 0.342 e. The molecule has 9 heteroatoms. The maximum Gasteiger partial charge on any atom is 0.342 e. The standard InChI is InChI=1S/C21H19I2N3O3S/c1-2-6-18-24-21(26-25-18)30-17(20(27)28)11-14-9-15(22)19(16(23)10-14)29-12-13-7-4-3-5-8-13/h3-5,7-11H,2,6,12H2,1H3,(H,27,28)(H,24,25,26)/b17-11-. The molecule has 2 N–H and O–H groups in total. The Morgan fingerprint density at radius 1 is 1.23 bits per heavy atom. The summed E-state index contributed by atoms with van der Waals surface area (Å²) in [6.07, 6.45) is 3.35. The summed E-state index contributed by atoms with van der Waals surface area (Å²) >= 11 is 5.46. The number of benzene rings is 2. The van der Waals surface area contributed by atoms with Gasteiger partial charge < -0.3 is 9.84 Å². The molecule has 1 aromatic heterocycles. The SMILES string of the molecule is CCCc1nc(S/C(=C\c2cc(I)c(OCc3ccccc3)c(I)c2)C(=O)O)n[nH]1. The third-order valence-electron chi connectivity index (χ3n) is 3.95. The fourth-order valence-corrected chi connectivity index (χ4v) is 5.44. The van der Waals surface area contributed by atoms with Crippen molar-refractivity contribution in [3.8, 4) is 5.75 Å². The minimum absolute atomic E-state index is 0.154. The number of H-pyrrole nitrogens is 1. The Morgan fingerprint density at radius 2 is 1.93 bits per heavy atom. The number of rotatable bonds is 9. The quantitative estimate of drug-likeness (QED) is 0.175. The average molecular weight is 647 g/mol. The van der Waals surface area contributed by atoms with Crippen molar-refractivity contribution in [1.82, 2.24) is 15.2 Å². The number of aromatic nitrogens is 3. The van der Waals surface area contributed by atoms with Crippen molar-refractivity contribution in [3.63, 3.8) is 0 Å². The van der Waals surface area contributed by atoms with Gasteiger partial charge in [0.25, 0.3) is 0 Å². The number of aryl methyl sites for hydroxylation is 1. The fourth-order valence-electron chi connectivity index (χ4n) is 2.59. The molecule has 0 aliphatic rings. The molecule has 2 aromatic carbocycles. The van der Waals surface area contributed by atoms with E-state index in [-0.39, 0.29) is 4.91 Å². The summed E-state index contributed by atoms with van der Waals surface area (Å²) in [5.74, 6) is 0.532. The first kappa shape index (κ1) is 23.1. The number of carboxylic acid groups (broad SMARTS) is 1. The molecule has 0 aliphatic carbocycles. The Hall–Kier alpha value is -1.60. The van der Waals surface area contributed by atoms with Crippen molar-refractivity contribution in [2.75, 3.05) is 0 Å². The van der Waals surface area contributed by atoms with Crippen LogP contribution in [-0.4, -0.2) is 26.3 Å². The first-order chi connectivity index (χ1) is 14.5. The number of carbonyl (C=O) groups is 1. The molecular formula is C21H19I2N3O3S. The van der Waals surface area contributed by atoms with E-state index in [0.29, 0.717) is 11.8 Å². The van der Waals surface area contributed by atoms with Gasteiger partial charge in [-0.1, -0.05) is 37.3 Å². The van der Waals surface area contributed by atoms with Gasteiger partial charge in [-0.05, 0) is 92.7 Å². The maximum atomic E-state index is 11.8. The number of ether oxygens (including phenoxy) is 1. The molecule has 0 atom stereocenters. The predicted octanol–water partition coefficient (Wildman–Crippen LogP) is 5.76. The fraction of sp³-hybridized carbons (Fsp3) is 0.190. The highest BCUT2D eigenvalue weighted by molar-refractivity contribution is 14.1. The summed E-state index contributed by atoms with van der Waals surface area (Å²) < 4.78 is 7.83. The van der Waals surface area contributed by atoms with Gasteiger partial charge in [0.2, 0.25) is 5.16 Å². The summed E-state index contributed by atoms with van der Waals surface area (Å²) in [7, 11) is 0. The third kappa shape index (κ3) is 6.45. The number of nitrogens with one attached hydrogen (secondary N) is 1. The van der Waals surface area contributed by atoms with E-state index < -0.39 is 5.97 Å². The number of aliphatic carboxylic acids is 1. The molecule has 3 rings (SSSR count). The normalized spacial score (nSPS) is 11.5. The molecule has 1 heterocycles. The molecule has 0 bridgehead atoms. The summed E-state index contributed by atoms with van der Waals surface area (Å²) in [5.41, 5.74) is 1.87. The van der Waals surface area contributed by atoms with E-state index in [4.69, 9.17) is 4.74 Å². The lowest BCUT2D eigenvalue weighted by Crippen LogP contribution is -2.00. The highest BCUT2D eigenvalue weighted by atomic mass is 127. The summed E-state index contributed by atoms with van der Waals surface area (Å²) in [6, 6.07) is 13.8. The molecule has 0 fully saturated rings. The van der Waals surface area contributed by atoms with Crippen LogP contribution in [0.25, 0.3) is 6.08 Å². The number of nitrogens with zero attached hydrogens (tertiary/aromatic N) is 2. The van der Waals surface area contributed by atoms with Crippen molar-refractivity contribution >= 4 is 69.0 Å². The van der Waals surface area contributed by atoms with Crippen molar-refractivity contribution in [2.24, 2.45) is 0 Å². The van der Waals surface area contributed by atoms with Crippen LogP contribution >= 0.6 is 56.9 Å². The zero-order valence-corrected chi connectivity index (χ0v) is 21.2. The average Bonchev–Trinajstić information content (AvgIpc) is 3.15. The van der Waals surface area contributed by atoms with Gasteiger partial charge in [-0.15, -0.1) is 5.10 Å². The van der Waals surface area contributed by atoms with Crippen LogP contribution < -0.4 is 4.74 Å². The zero-order valence-electron chi connectivity index (χ0n) is 16.1. The van der Waals surface area contributed by atoms with Gasteiger partial charge in [-0.25, -0.2) is 9.78 Å². The topological polar surface area (TPSA) is 88.1 Å². The summed E-state index contributed by atoms with van der Waals surface area (Å²) in [5, 5.41) is 17.0. The molecular weight excluding hydrogens is 628 g/mol. The van der Waals surface area contributed by atoms with Crippen molar-refractivity contribution in [1.29, 1.82) is 0 Å². The number of aromatic amines is 1. The molecule has 0 unspecified atom stereocenters. The predicted molar refractivity (Wildman–Crippen MR) is 134 cm³/mol. The monoisotopic (exact) mass is 647 g/mol. The highest BCUT2D eigenvalue weighted by Gasteiger charge is 2.15. The Balaban J connectivity index is 1.78. The highest BCUT2D eigenvalue weighted by Crippen LogP contribution is 2.32. The second-order valence-electron chi connectivity index (χ2n) is 6.32. The van der Waals surface area contributed by atoms with Gasteiger partial charge in [0, 0.05) is 6.42 Å². The second kappa shape index (κ2) is 11.1. The first-order valence-corrected chi connectivity index (χ1v) is 12.1. The number of hydrogen-bond acceptors (Lipinski definition) is 5. The molecule has 6 nitrogen and oxygen atoms in total. The van der Waals surface area contributed by atoms with E-state index in [1.807, 2.05) is 49.4 Å². The molecule has 156 valence electrons. The van der Waals surface area contributed by atoms with E-state index in [1.54, 1.807) is 6.08 Å². The first-order valence-electron chi connectivity index (χ1n) is 9.16. The third-order valence-corrected chi connectivity index (χ3v) is 6.43. The minimum atomic E-state index is -1.02. The van der Waals surface area contributed by atoms with Crippen molar-refractivity contribution < 1.29 is 14.6 Å². The van der Waals surface area contributed by atoms with E-state index in [1.165, 1.54) is 0 Å². The van der Waals surface area contributed by atoms with Gasteiger partial charge in [-0.3, -0.25) is 5.10 Å². The lowest BCUT2D eigenvalue weighted by atomic mass is 10.2. The van der Waals surface area contributed by atoms with Crippen LogP contribution in [0.4, 0.5) is 0 Å². The Kier molecular flexibility index (Phi) is 8.57. The molecule has 0 amide bonds. The van der Waals surface area contributed by atoms with E-state index in [2.05, 4.69) is 60.4 Å². The van der Waals surface area contributed by atoms with Gasteiger partial charge in [0.05, 0.1) is 7.14 Å². The Morgan fingerprint density at radius 3 is 2.57 bits per heavy atom. The van der Waals surface area contributed by atoms with Crippen LogP contribution in [0.3, 0.4) is 0 Å². The van der Waals surface area contributed by atoms with Gasteiger partial charge in [0.15, 0.2) is 0 Å². The Labute approximate surface area is 206 Å². The maximum absolute atomic E-state index is 11.8. The molecule has 0 spiro atoms. The van der Waals surface area contributed by atoms with Gasteiger partial charge in [-0.2, -0.15) is 0 Å². The largest absolute Gasteiger partial charge is 0.487 e. The summed E-state index contributed by atoms with van der Waals surface area (Å²) in [6.45, 7) is 2.53. The van der Waals surface area contributed by atoms with E-state index in [0.717, 1.165) is 54.4 Å². The van der Waals surface area contributed by atoms with Gasteiger partial charge in [0.1, 0.15) is 23.1 Å². The van der Waals surface area contributed by atoms with E-state index in [9.17, 15) is 9.90 Å².